The first-order chi connectivity index (χ1) is 50.6. The summed E-state index contributed by atoms with van der Waals surface area (Å²) in [5, 5.41) is 14.6. The van der Waals surface area contributed by atoms with Gasteiger partial charge < -0.3 is 30.6 Å². The average Bonchev–Trinajstić information content (AvgIpc) is 0.748. The summed E-state index contributed by atoms with van der Waals surface area (Å²) in [6.07, 6.45) is 5.07. The van der Waals surface area contributed by atoms with Crippen molar-refractivity contribution in [1.82, 2.24) is 9.80 Å². The molecule has 2 amide bonds. The Morgan fingerprint density at radius 1 is 0.438 bits per heavy atom. The number of aryl methyl sites for hydroxylation is 3. The van der Waals surface area contributed by atoms with E-state index >= 15 is 0 Å². The minimum absolute atomic E-state index is 0.0602. The third kappa shape index (κ3) is 25.5. The highest BCUT2D eigenvalue weighted by molar-refractivity contribution is 6.28. The number of Topliss-reactive ketones (excluding diaryl/α,β-unsaturated/α-hetero) is 3. The summed E-state index contributed by atoms with van der Waals surface area (Å²) in [4.78, 5) is 81.0. The second-order valence-corrected chi connectivity index (χ2v) is 28.2. The van der Waals surface area contributed by atoms with Crippen LogP contribution in [-0.4, -0.2) is 91.0 Å². The van der Waals surface area contributed by atoms with E-state index in [2.05, 4.69) is 105 Å². The molecule has 12 nitrogen and oxygen atoms in total. The average molecular weight is 1470 g/mol. The highest BCUT2D eigenvalue weighted by Gasteiger charge is 2.55. The maximum Gasteiger partial charge on any atom is 0.318 e. The molecule has 0 spiro atoms. The summed E-state index contributed by atoms with van der Waals surface area (Å²) in [6.45, 7) is 21.2. The van der Waals surface area contributed by atoms with E-state index in [1.165, 1.54) is 11.1 Å². The minimum Gasteiger partial charge on any atom is -0.480 e. The van der Waals surface area contributed by atoms with Gasteiger partial charge in [-0.1, -0.05) is 292 Å². The van der Waals surface area contributed by atoms with Crippen molar-refractivity contribution in [3.05, 3.63) is 333 Å². The zero-order valence-electron chi connectivity index (χ0n) is 61.5. The number of halogens is 3. The van der Waals surface area contributed by atoms with Gasteiger partial charge in [-0.3, -0.25) is 28.8 Å². The molecule has 3 saturated carbocycles. The largest absolute Gasteiger partial charge is 0.480 e. The molecule has 0 unspecified atom stereocenters. The number of alkyl halides is 3. The highest BCUT2D eigenvalue weighted by Crippen LogP contribution is 2.48. The SMILES string of the molecule is CC1CC(=O)C1.CO.Cc1ccc(CN(C(=O)CCl)C2(C(=O)CC(c3ccccc3)c3ccccc3)CC(C)C2)cc1.Cc1ccc(CN(C(=O)CCl)C2(C(=O)CC(c3ccccc3)c3ccccc3)CC(C)C2)cc1.Cc1ccc(CN)cc1.O=C(O)CCl.[C-]#[N+]C(c1ccccc1)c1ccccc1. The standard InChI is InChI=1S/2C30H32ClNO2.C14H11N.C8H11N.C5H8O.C2H3ClO2.CH4O/c2*1-22-13-15-24(16-14-22)21-32(29(34)20-31)30(18-23(2)19-30)28(33)17-27(25-9-5-3-6-10-25)26-11-7-4-8-12-26;1-15-14(12-8-4-2-5-9-12)13-10-6-3-7-11-13;1-7-2-4-8(6-9)5-3-7;1-4-2-5(6)3-4;3-1-2(4)5;1-2/h2*3-16,23,27H,17-21H2,1-2H3;2-11,14H;2-5H,6,9H2,1H3;4H,2-3H2,1H3;1H2,(H,4,5);2H,1H3. The van der Waals surface area contributed by atoms with Crippen molar-refractivity contribution in [1.29, 1.82) is 0 Å². The van der Waals surface area contributed by atoms with Gasteiger partial charge in [0.1, 0.15) is 34.5 Å². The maximum atomic E-state index is 14.1. The van der Waals surface area contributed by atoms with Crippen molar-refractivity contribution in [2.45, 2.75) is 141 Å². The summed E-state index contributed by atoms with van der Waals surface area (Å²) in [5.74, 6) is 0.113. The van der Waals surface area contributed by atoms with Crippen LogP contribution in [0.15, 0.2) is 255 Å². The van der Waals surface area contributed by atoms with Gasteiger partial charge in [0.15, 0.2) is 11.6 Å². The van der Waals surface area contributed by atoms with Crippen LogP contribution in [0.25, 0.3) is 4.85 Å². The van der Waals surface area contributed by atoms with Crippen LogP contribution in [0.1, 0.15) is 157 Å². The van der Waals surface area contributed by atoms with Crippen LogP contribution >= 0.6 is 34.8 Å². The molecule has 15 heteroatoms. The van der Waals surface area contributed by atoms with E-state index in [9.17, 15) is 28.8 Å². The zero-order chi connectivity index (χ0) is 76.3. The number of hydrogen-bond donors (Lipinski definition) is 3. The predicted octanol–water partition coefficient (Wildman–Crippen LogP) is 19.1. The van der Waals surface area contributed by atoms with Crippen molar-refractivity contribution >= 4 is 69.9 Å². The number of amides is 2. The monoisotopic (exact) mass is 1470 g/mol. The van der Waals surface area contributed by atoms with Crippen LogP contribution in [0.4, 0.5) is 0 Å². The molecule has 105 heavy (non-hydrogen) atoms. The van der Waals surface area contributed by atoms with Crippen LogP contribution in [-0.2, 0) is 48.4 Å². The fourth-order valence-electron chi connectivity index (χ4n) is 13.6. The molecule has 0 aliphatic heterocycles. The Morgan fingerprint density at radius 3 is 0.895 bits per heavy atom. The molecular weight excluding hydrogens is 1370 g/mol. The molecule has 9 aromatic rings. The molecule has 4 N–H and O–H groups in total. The molecule has 0 atom stereocenters. The highest BCUT2D eigenvalue weighted by atomic mass is 35.5. The minimum atomic E-state index is -0.980. The first kappa shape index (κ1) is 84.6. The number of ketones is 3. The number of hydrogen-bond acceptors (Lipinski definition) is 8. The van der Waals surface area contributed by atoms with Crippen LogP contribution < -0.4 is 5.73 Å². The van der Waals surface area contributed by atoms with Crippen LogP contribution in [0.2, 0.25) is 0 Å². The molecule has 3 aliphatic rings. The maximum absolute atomic E-state index is 14.1. The lowest BCUT2D eigenvalue weighted by atomic mass is 9.63. The number of carbonyl (C=O) groups is 6. The smallest absolute Gasteiger partial charge is 0.318 e. The van der Waals surface area contributed by atoms with Crippen LogP contribution in [0.5, 0.6) is 0 Å². The zero-order valence-corrected chi connectivity index (χ0v) is 63.8. The number of benzene rings is 9. The molecule has 9 aromatic carbocycles. The molecule has 550 valence electrons. The second kappa shape index (κ2) is 43.8. The fourth-order valence-corrected chi connectivity index (χ4v) is 13.9. The number of rotatable bonds is 22. The topological polar surface area (TPSA) is 180 Å². The summed E-state index contributed by atoms with van der Waals surface area (Å²) in [5.41, 5.74) is 17.2. The van der Waals surface area contributed by atoms with Crippen molar-refractivity contribution in [3.63, 3.8) is 0 Å². The van der Waals surface area contributed by atoms with E-state index in [0.717, 1.165) is 75.6 Å². The van der Waals surface area contributed by atoms with E-state index in [4.69, 9.17) is 57.3 Å². The number of aliphatic hydroxyl groups is 1. The first-order valence-corrected chi connectivity index (χ1v) is 37.3. The molecule has 3 fully saturated rings. The number of carbonyl (C=O) groups excluding carboxylic acids is 5. The van der Waals surface area contributed by atoms with E-state index in [1.807, 2.05) is 196 Å². The first-order valence-electron chi connectivity index (χ1n) is 35.7. The summed E-state index contributed by atoms with van der Waals surface area (Å²) >= 11 is 16.9. The van der Waals surface area contributed by atoms with Crippen molar-refractivity contribution in [3.8, 4) is 0 Å². The van der Waals surface area contributed by atoms with E-state index < -0.39 is 17.0 Å². The summed E-state index contributed by atoms with van der Waals surface area (Å²) in [7, 11) is 1.00. The third-order valence-electron chi connectivity index (χ3n) is 19.1. The van der Waals surface area contributed by atoms with Gasteiger partial charge in [-0.15, -0.1) is 34.8 Å². The van der Waals surface area contributed by atoms with Gasteiger partial charge in [0.2, 0.25) is 11.8 Å². The Morgan fingerprint density at radius 2 is 0.695 bits per heavy atom. The van der Waals surface area contributed by atoms with Gasteiger partial charge in [-0.05, 0) is 103 Å². The predicted molar refractivity (Wildman–Crippen MR) is 426 cm³/mol. The lowest BCUT2D eigenvalue weighted by Gasteiger charge is -2.52. The van der Waals surface area contributed by atoms with Crippen molar-refractivity contribution < 1.29 is 39.0 Å². The fraction of sp³-hybridized carbons (Fsp3) is 0.322. The van der Waals surface area contributed by atoms with Crippen molar-refractivity contribution in [2.24, 2.45) is 23.5 Å². The number of carboxylic acids is 1. The van der Waals surface area contributed by atoms with Crippen LogP contribution in [0.3, 0.4) is 0 Å². The Bertz CT molecular complexity index is 3810. The lowest BCUT2D eigenvalue weighted by Crippen LogP contribution is -2.63. The Balaban J connectivity index is 0.000000224. The van der Waals surface area contributed by atoms with Gasteiger partial charge in [-0.2, -0.15) is 0 Å². The Hall–Kier alpha value is -9.32. The van der Waals surface area contributed by atoms with Crippen LogP contribution in [0, 0.1) is 45.1 Å². The van der Waals surface area contributed by atoms with Crippen molar-refractivity contribution in [2.75, 3.05) is 24.7 Å². The summed E-state index contributed by atoms with van der Waals surface area (Å²) in [6, 6.07) is 84.8. The van der Waals surface area contributed by atoms with E-state index in [1.54, 1.807) is 9.80 Å². The molecule has 0 heterocycles. The van der Waals surface area contributed by atoms with E-state index in [0.29, 0.717) is 81.7 Å². The third-order valence-corrected chi connectivity index (χ3v) is 19.8. The number of nitrogens with zero attached hydrogens (tertiary/aromatic N) is 3. The van der Waals surface area contributed by atoms with Gasteiger partial charge in [0, 0.05) is 75.4 Å². The normalized spacial score (nSPS) is 16.6. The molecule has 0 saturated heterocycles. The lowest BCUT2D eigenvalue weighted by molar-refractivity contribution is -0.155. The number of nitrogens with two attached hydrogens (primary N) is 1. The Labute approximate surface area is 637 Å². The molecule has 3 aliphatic carbocycles. The van der Waals surface area contributed by atoms with Gasteiger partial charge in [0.25, 0.3) is 6.04 Å². The molecule has 0 bridgehead atoms. The van der Waals surface area contributed by atoms with E-state index in [-0.39, 0.29) is 58.9 Å². The molecule has 12 rings (SSSR count). The Kier molecular flexibility index (Phi) is 35.3. The number of aliphatic carboxylic acids is 1. The second-order valence-electron chi connectivity index (χ2n) is 27.4. The van der Waals surface area contributed by atoms with Gasteiger partial charge in [0.05, 0.1) is 0 Å². The molecule has 0 aromatic heterocycles. The number of carboxylic acid groups (broad SMARTS) is 1. The van der Waals surface area contributed by atoms with Gasteiger partial charge in [-0.25, -0.2) is 6.57 Å². The summed E-state index contributed by atoms with van der Waals surface area (Å²) < 4.78 is 0. The quantitative estimate of drug-likeness (QED) is 0.0440. The number of aliphatic hydroxyl groups excluding tert-OH is 1. The molecular formula is C90H101Cl3N4O8. The molecule has 0 radical (unpaired) electrons. The van der Waals surface area contributed by atoms with Gasteiger partial charge >= 0.3 is 5.97 Å².